The number of sulfonamides is 1. The van der Waals surface area contributed by atoms with Crippen molar-refractivity contribution in [3.63, 3.8) is 0 Å². The third-order valence-electron chi connectivity index (χ3n) is 3.93. The van der Waals surface area contributed by atoms with Crippen LogP contribution in [0.1, 0.15) is 17.5 Å². The molecule has 7 heteroatoms. The Balaban J connectivity index is 2.17. The van der Waals surface area contributed by atoms with Crippen LogP contribution in [0.15, 0.2) is 17.0 Å². The fourth-order valence-corrected chi connectivity index (χ4v) is 4.02. The summed E-state index contributed by atoms with van der Waals surface area (Å²) in [6, 6.07) is 2.72. The summed E-state index contributed by atoms with van der Waals surface area (Å²) < 4.78 is 41.1. The van der Waals surface area contributed by atoms with E-state index in [4.69, 9.17) is 5.73 Å². The molecule has 0 radical (unpaired) electrons. The summed E-state index contributed by atoms with van der Waals surface area (Å²) in [5.74, 6) is -0.244. The molecule has 0 bridgehead atoms. The van der Waals surface area contributed by atoms with Gasteiger partial charge in [-0.2, -0.15) is 0 Å². The highest BCUT2D eigenvalue weighted by Crippen LogP contribution is 2.21. The molecule has 1 aromatic carbocycles. The van der Waals surface area contributed by atoms with E-state index in [-0.39, 0.29) is 17.0 Å². The number of hydrogen-bond acceptors (Lipinski definition) is 4. The number of nitrogens with zero attached hydrogens (tertiary/aromatic N) is 1. The number of nitrogens with one attached hydrogen (secondary N) is 1. The molecule has 118 valence electrons. The second-order valence-electron chi connectivity index (χ2n) is 5.67. The Morgan fingerprint density at radius 1 is 1.48 bits per heavy atom. The molecule has 0 aromatic heterocycles. The van der Waals surface area contributed by atoms with Crippen molar-refractivity contribution in [3.05, 3.63) is 29.1 Å². The normalized spacial score (nSPS) is 20.1. The van der Waals surface area contributed by atoms with Crippen LogP contribution < -0.4 is 10.5 Å². The van der Waals surface area contributed by atoms with Crippen LogP contribution in [0.3, 0.4) is 0 Å². The van der Waals surface area contributed by atoms with Gasteiger partial charge in [0.25, 0.3) is 0 Å². The molecule has 1 atom stereocenters. The van der Waals surface area contributed by atoms with Gasteiger partial charge >= 0.3 is 0 Å². The maximum Gasteiger partial charge on any atom is 0.240 e. The molecule has 0 spiro atoms. The van der Waals surface area contributed by atoms with Gasteiger partial charge in [0.1, 0.15) is 5.82 Å². The molecule has 0 amide bonds. The highest BCUT2D eigenvalue weighted by molar-refractivity contribution is 7.89. The molecule has 1 saturated heterocycles. The van der Waals surface area contributed by atoms with Gasteiger partial charge in [-0.3, -0.25) is 0 Å². The predicted molar refractivity (Wildman–Crippen MR) is 79.8 cm³/mol. The molecule has 0 saturated carbocycles. The molecule has 21 heavy (non-hydrogen) atoms. The van der Waals surface area contributed by atoms with E-state index in [1.807, 2.05) is 7.05 Å². The second-order valence-corrected chi connectivity index (χ2v) is 7.41. The van der Waals surface area contributed by atoms with Crippen LogP contribution >= 0.6 is 0 Å². The van der Waals surface area contributed by atoms with E-state index >= 15 is 0 Å². The first-order chi connectivity index (χ1) is 9.83. The first kappa shape index (κ1) is 16.4. The Morgan fingerprint density at radius 2 is 2.19 bits per heavy atom. The van der Waals surface area contributed by atoms with Gasteiger partial charge in [-0.1, -0.05) is 0 Å². The zero-order valence-electron chi connectivity index (χ0n) is 12.4. The quantitative estimate of drug-likeness (QED) is 0.844. The minimum Gasteiger partial charge on any atom is -0.326 e. The average Bonchev–Trinajstić information content (AvgIpc) is 2.85. The lowest BCUT2D eigenvalue weighted by molar-refractivity contribution is 0.394. The number of rotatable bonds is 5. The SMILES string of the molecule is Cc1c(F)cc(CN)cc1S(=O)(=O)NCC1CCN(C)C1. The Labute approximate surface area is 125 Å². The van der Waals surface area contributed by atoms with Gasteiger partial charge in [0.15, 0.2) is 0 Å². The minimum absolute atomic E-state index is 0.0192. The van der Waals surface area contributed by atoms with E-state index in [1.165, 1.54) is 19.1 Å². The van der Waals surface area contributed by atoms with Crippen LogP contribution in [-0.2, 0) is 16.6 Å². The summed E-state index contributed by atoms with van der Waals surface area (Å²) in [5, 5.41) is 0. The van der Waals surface area contributed by atoms with Gasteiger partial charge < -0.3 is 10.6 Å². The zero-order valence-corrected chi connectivity index (χ0v) is 13.2. The first-order valence-electron chi connectivity index (χ1n) is 7.01. The van der Waals surface area contributed by atoms with Crippen molar-refractivity contribution in [3.8, 4) is 0 Å². The summed E-state index contributed by atoms with van der Waals surface area (Å²) >= 11 is 0. The van der Waals surface area contributed by atoms with Crippen molar-refractivity contribution < 1.29 is 12.8 Å². The van der Waals surface area contributed by atoms with E-state index in [0.29, 0.717) is 18.0 Å². The third kappa shape index (κ3) is 3.79. The number of benzene rings is 1. The molecule has 1 aliphatic rings. The summed E-state index contributed by atoms with van der Waals surface area (Å²) in [4.78, 5) is 2.15. The first-order valence-corrected chi connectivity index (χ1v) is 8.49. The van der Waals surface area contributed by atoms with Crippen LogP contribution in [0.2, 0.25) is 0 Å². The Morgan fingerprint density at radius 3 is 2.76 bits per heavy atom. The molecule has 1 aromatic rings. The van der Waals surface area contributed by atoms with Crippen molar-refractivity contribution in [2.75, 3.05) is 26.7 Å². The van der Waals surface area contributed by atoms with Crippen LogP contribution in [0.25, 0.3) is 0 Å². The van der Waals surface area contributed by atoms with Crippen molar-refractivity contribution >= 4 is 10.0 Å². The number of nitrogens with two attached hydrogens (primary N) is 1. The maximum atomic E-state index is 13.8. The van der Waals surface area contributed by atoms with E-state index in [2.05, 4.69) is 9.62 Å². The van der Waals surface area contributed by atoms with Crippen LogP contribution in [-0.4, -0.2) is 40.0 Å². The van der Waals surface area contributed by atoms with E-state index < -0.39 is 15.8 Å². The van der Waals surface area contributed by atoms with Crippen LogP contribution in [0.4, 0.5) is 4.39 Å². The molecule has 1 unspecified atom stereocenters. The lowest BCUT2D eigenvalue weighted by Gasteiger charge is -2.14. The van der Waals surface area contributed by atoms with Crippen molar-refractivity contribution in [2.45, 2.75) is 24.8 Å². The van der Waals surface area contributed by atoms with Gasteiger partial charge in [0, 0.05) is 25.2 Å². The Hall–Kier alpha value is -1.02. The molecule has 3 N–H and O–H groups in total. The standard InChI is InChI=1S/C14H22FN3O2S/c1-10-13(15)5-12(7-16)6-14(10)21(19,20)17-8-11-3-4-18(2)9-11/h5-6,11,17H,3-4,7-9,16H2,1-2H3. The molecule has 1 aliphatic heterocycles. The smallest absolute Gasteiger partial charge is 0.240 e. The molecule has 1 heterocycles. The van der Waals surface area contributed by atoms with Gasteiger partial charge in [0.2, 0.25) is 10.0 Å². The topological polar surface area (TPSA) is 75.4 Å². The van der Waals surface area contributed by atoms with Gasteiger partial charge in [-0.25, -0.2) is 17.5 Å². The summed E-state index contributed by atoms with van der Waals surface area (Å²) in [7, 11) is -1.70. The predicted octanol–water partition coefficient (Wildman–Crippen LogP) is 0.823. The fourth-order valence-electron chi connectivity index (χ4n) is 2.60. The largest absolute Gasteiger partial charge is 0.326 e. The lowest BCUT2D eigenvalue weighted by atomic mass is 10.1. The molecule has 5 nitrogen and oxygen atoms in total. The molecular formula is C14H22FN3O2S. The van der Waals surface area contributed by atoms with Crippen LogP contribution in [0.5, 0.6) is 0 Å². The summed E-state index contributed by atoms with van der Waals surface area (Å²) in [6.45, 7) is 3.79. The number of hydrogen-bond donors (Lipinski definition) is 2. The van der Waals surface area contributed by atoms with Crippen molar-refractivity contribution in [1.82, 2.24) is 9.62 Å². The minimum atomic E-state index is -3.72. The van der Waals surface area contributed by atoms with E-state index in [0.717, 1.165) is 19.5 Å². The second kappa shape index (κ2) is 6.39. The monoisotopic (exact) mass is 315 g/mol. The van der Waals surface area contributed by atoms with Gasteiger partial charge in [0.05, 0.1) is 4.90 Å². The highest BCUT2D eigenvalue weighted by Gasteiger charge is 2.24. The summed E-state index contributed by atoms with van der Waals surface area (Å²) in [5.41, 5.74) is 6.08. The number of likely N-dealkylation sites (tertiary alicyclic amines) is 1. The molecular weight excluding hydrogens is 293 g/mol. The Kier molecular flexibility index (Phi) is 4.98. The van der Waals surface area contributed by atoms with E-state index in [9.17, 15) is 12.8 Å². The van der Waals surface area contributed by atoms with Gasteiger partial charge in [-0.15, -0.1) is 0 Å². The lowest BCUT2D eigenvalue weighted by Crippen LogP contribution is -2.31. The van der Waals surface area contributed by atoms with Crippen molar-refractivity contribution in [1.29, 1.82) is 0 Å². The number of halogens is 1. The maximum absolute atomic E-state index is 13.8. The van der Waals surface area contributed by atoms with Crippen molar-refractivity contribution in [2.24, 2.45) is 11.7 Å². The average molecular weight is 315 g/mol. The molecule has 0 aliphatic carbocycles. The van der Waals surface area contributed by atoms with Gasteiger partial charge in [-0.05, 0) is 50.6 Å². The molecule has 1 fully saturated rings. The van der Waals surface area contributed by atoms with E-state index in [1.54, 1.807) is 0 Å². The zero-order chi connectivity index (χ0) is 15.6. The summed E-state index contributed by atoms with van der Waals surface area (Å²) in [6.07, 6.45) is 0.967. The Bertz CT molecular complexity index is 619. The third-order valence-corrected chi connectivity index (χ3v) is 5.48. The van der Waals surface area contributed by atoms with Crippen LogP contribution in [0, 0.1) is 18.7 Å². The fraction of sp³-hybridized carbons (Fsp3) is 0.571. The highest BCUT2D eigenvalue weighted by atomic mass is 32.2. The molecule has 2 rings (SSSR count).